The first-order chi connectivity index (χ1) is 7.19. The van der Waals surface area contributed by atoms with Gasteiger partial charge in [-0.25, -0.2) is 0 Å². The molecule has 2 aliphatic rings. The number of hydrogen-bond acceptors (Lipinski definition) is 2. The number of carbonyl (C=O) groups is 1. The summed E-state index contributed by atoms with van der Waals surface area (Å²) >= 11 is 4.44. The van der Waals surface area contributed by atoms with Crippen molar-refractivity contribution in [1.29, 1.82) is 0 Å². The van der Waals surface area contributed by atoms with E-state index in [1.807, 2.05) is 0 Å². The number of likely N-dealkylation sites (tertiary alicyclic amines) is 1. The second-order valence-corrected chi connectivity index (χ2v) is 5.58. The average molecular weight is 227 g/mol. The van der Waals surface area contributed by atoms with Gasteiger partial charge in [0.25, 0.3) is 0 Å². The highest BCUT2D eigenvalue weighted by Gasteiger charge is 2.40. The van der Waals surface area contributed by atoms with Crippen molar-refractivity contribution in [1.82, 2.24) is 4.90 Å². The first-order valence-electron chi connectivity index (χ1n) is 6.08. The molecule has 0 aromatic heterocycles. The van der Waals surface area contributed by atoms with Crippen molar-refractivity contribution >= 4 is 18.5 Å². The predicted molar refractivity (Wildman–Crippen MR) is 65.1 cm³/mol. The van der Waals surface area contributed by atoms with E-state index in [4.69, 9.17) is 0 Å². The standard InChI is InChI=1S/C12H21NOS/c1-2-10-6-11(14)13(7-10)8-12(9-15)4-3-5-12/h10,15H,2-9H2,1H3. The van der Waals surface area contributed by atoms with Crippen LogP contribution in [0.4, 0.5) is 0 Å². The molecule has 2 nitrogen and oxygen atoms in total. The van der Waals surface area contributed by atoms with Gasteiger partial charge >= 0.3 is 0 Å². The lowest BCUT2D eigenvalue weighted by atomic mass is 9.70. The van der Waals surface area contributed by atoms with Crippen LogP contribution in [0, 0.1) is 11.3 Å². The van der Waals surface area contributed by atoms with Gasteiger partial charge in [-0.05, 0) is 29.9 Å². The predicted octanol–water partition coefficient (Wildman–Crippen LogP) is 2.35. The van der Waals surface area contributed by atoms with Crippen LogP contribution in [-0.2, 0) is 4.79 Å². The Kier molecular flexibility index (Phi) is 3.29. The van der Waals surface area contributed by atoms with Gasteiger partial charge < -0.3 is 4.90 Å². The molecular weight excluding hydrogens is 206 g/mol. The van der Waals surface area contributed by atoms with E-state index in [2.05, 4.69) is 24.5 Å². The summed E-state index contributed by atoms with van der Waals surface area (Å²) in [5.74, 6) is 1.91. The molecule has 0 aromatic rings. The van der Waals surface area contributed by atoms with Gasteiger partial charge in [-0.3, -0.25) is 4.79 Å². The maximum absolute atomic E-state index is 11.8. The van der Waals surface area contributed by atoms with Crippen LogP contribution in [0.15, 0.2) is 0 Å². The summed E-state index contributed by atoms with van der Waals surface area (Å²) in [7, 11) is 0. The lowest BCUT2D eigenvalue weighted by Crippen LogP contribution is -2.44. The molecule has 2 fully saturated rings. The summed E-state index contributed by atoms with van der Waals surface area (Å²) in [5, 5.41) is 0. The van der Waals surface area contributed by atoms with E-state index in [-0.39, 0.29) is 0 Å². The third kappa shape index (κ3) is 2.17. The van der Waals surface area contributed by atoms with Gasteiger partial charge in [-0.2, -0.15) is 12.6 Å². The van der Waals surface area contributed by atoms with Crippen LogP contribution in [0.3, 0.4) is 0 Å². The molecule has 0 aromatic carbocycles. The molecule has 1 aliphatic heterocycles. The molecule has 86 valence electrons. The van der Waals surface area contributed by atoms with E-state index >= 15 is 0 Å². The Bertz CT molecular complexity index is 244. The number of rotatable bonds is 4. The maximum atomic E-state index is 11.8. The second kappa shape index (κ2) is 4.36. The number of carbonyl (C=O) groups excluding carboxylic acids is 1. The van der Waals surface area contributed by atoms with E-state index in [9.17, 15) is 4.79 Å². The summed E-state index contributed by atoms with van der Waals surface area (Å²) in [5.41, 5.74) is 0.363. The van der Waals surface area contributed by atoms with Crippen molar-refractivity contribution in [3.63, 3.8) is 0 Å². The van der Waals surface area contributed by atoms with Crippen molar-refractivity contribution in [3.05, 3.63) is 0 Å². The molecule has 0 bridgehead atoms. The lowest BCUT2D eigenvalue weighted by molar-refractivity contribution is -0.129. The number of thiol groups is 1. The van der Waals surface area contributed by atoms with E-state index in [1.54, 1.807) is 0 Å². The molecule has 1 amide bonds. The Hall–Kier alpha value is -0.180. The van der Waals surface area contributed by atoms with Crippen molar-refractivity contribution in [2.75, 3.05) is 18.8 Å². The Labute approximate surface area is 97.8 Å². The zero-order valence-electron chi connectivity index (χ0n) is 9.54. The molecule has 1 aliphatic carbocycles. The van der Waals surface area contributed by atoms with Gasteiger partial charge in [0.1, 0.15) is 0 Å². The van der Waals surface area contributed by atoms with Gasteiger partial charge in [0.15, 0.2) is 0 Å². The van der Waals surface area contributed by atoms with Crippen LogP contribution in [-0.4, -0.2) is 29.6 Å². The van der Waals surface area contributed by atoms with Crippen molar-refractivity contribution < 1.29 is 4.79 Å². The van der Waals surface area contributed by atoms with E-state index in [1.165, 1.54) is 19.3 Å². The summed E-state index contributed by atoms with van der Waals surface area (Å²) < 4.78 is 0. The fraction of sp³-hybridized carbons (Fsp3) is 0.917. The van der Waals surface area contributed by atoms with E-state index < -0.39 is 0 Å². The molecule has 0 radical (unpaired) electrons. The molecule has 1 saturated heterocycles. The van der Waals surface area contributed by atoms with Crippen LogP contribution in [0.1, 0.15) is 39.0 Å². The van der Waals surface area contributed by atoms with Gasteiger partial charge in [-0.1, -0.05) is 19.8 Å². The molecule has 2 rings (SSSR count). The van der Waals surface area contributed by atoms with Crippen molar-refractivity contribution in [3.8, 4) is 0 Å². The Balaban J connectivity index is 1.91. The Morgan fingerprint density at radius 3 is 2.67 bits per heavy atom. The molecule has 15 heavy (non-hydrogen) atoms. The quantitative estimate of drug-likeness (QED) is 0.731. The first kappa shape index (κ1) is 11.3. The lowest BCUT2D eigenvalue weighted by Gasteiger charge is -2.43. The number of hydrogen-bond donors (Lipinski definition) is 1. The summed E-state index contributed by atoms with van der Waals surface area (Å²) in [6.07, 6.45) is 5.75. The summed E-state index contributed by atoms with van der Waals surface area (Å²) in [4.78, 5) is 13.9. The highest BCUT2D eigenvalue weighted by molar-refractivity contribution is 7.80. The van der Waals surface area contributed by atoms with Crippen molar-refractivity contribution in [2.24, 2.45) is 11.3 Å². The first-order valence-corrected chi connectivity index (χ1v) is 6.71. The summed E-state index contributed by atoms with van der Waals surface area (Å²) in [6, 6.07) is 0. The molecule has 0 spiro atoms. The Morgan fingerprint density at radius 2 is 2.27 bits per heavy atom. The fourth-order valence-corrected chi connectivity index (χ4v) is 3.14. The van der Waals surface area contributed by atoms with Crippen LogP contribution in [0.5, 0.6) is 0 Å². The topological polar surface area (TPSA) is 20.3 Å². The molecule has 1 heterocycles. The molecular formula is C12H21NOS. The Morgan fingerprint density at radius 1 is 1.53 bits per heavy atom. The fourth-order valence-electron chi connectivity index (χ4n) is 2.73. The highest BCUT2D eigenvalue weighted by atomic mass is 32.1. The highest BCUT2D eigenvalue weighted by Crippen LogP contribution is 2.43. The van der Waals surface area contributed by atoms with Crippen molar-refractivity contribution in [2.45, 2.75) is 39.0 Å². The van der Waals surface area contributed by atoms with Gasteiger partial charge in [0.2, 0.25) is 5.91 Å². The van der Waals surface area contributed by atoms with Gasteiger partial charge in [0.05, 0.1) is 0 Å². The van der Waals surface area contributed by atoms with Crippen LogP contribution in [0.25, 0.3) is 0 Å². The van der Waals surface area contributed by atoms with E-state index in [0.29, 0.717) is 17.2 Å². The molecule has 1 saturated carbocycles. The van der Waals surface area contributed by atoms with Gasteiger partial charge in [0, 0.05) is 19.5 Å². The zero-order valence-corrected chi connectivity index (χ0v) is 10.4. The van der Waals surface area contributed by atoms with Crippen LogP contribution in [0.2, 0.25) is 0 Å². The minimum absolute atomic E-state index is 0.363. The molecule has 1 atom stereocenters. The second-order valence-electron chi connectivity index (χ2n) is 5.26. The third-order valence-corrected chi connectivity index (χ3v) is 4.82. The minimum atomic E-state index is 0.363. The number of nitrogens with zero attached hydrogens (tertiary/aromatic N) is 1. The maximum Gasteiger partial charge on any atom is 0.222 e. The zero-order chi connectivity index (χ0) is 10.9. The largest absolute Gasteiger partial charge is 0.342 e. The third-order valence-electron chi connectivity index (χ3n) is 4.15. The van der Waals surface area contributed by atoms with E-state index in [0.717, 1.165) is 31.7 Å². The van der Waals surface area contributed by atoms with Gasteiger partial charge in [-0.15, -0.1) is 0 Å². The summed E-state index contributed by atoms with van der Waals surface area (Å²) in [6.45, 7) is 4.13. The van der Waals surface area contributed by atoms with Crippen LogP contribution < -0.4 is 0 Å². The average Bonchev–Trinajstić information content (AvgIpc) is 2.53. The monoisotopic (exact) mass is 227 g/mol. The SMILES string of the molecule is CCC1CC(=O)N(CC2(CS)CCC2)C1. The molecule has 3 heteroatoms. The normalized spacial score (nSPS) is 29.3. The van der Waals surface area contributed by atoms with Crippen LogP contribution >= 0.6 is 12.6 Å². The molecule has 1 unspecified atom stereocenters. The minimum Gasteiger partial charge on any atom is -0.342 e. The molecule has 0 N–H and O–H groups in total. The smallest absolute Gasteiger partial charge is 0.222 e. The number of amides is 1.